The number of rotatable bonds is 2. The molecule has 0 heterocycles. The lowest BCUT2D eigenvalue weighted by molar-refractivity contribution is -0.115. The monoisotopic (exact) mass is 376 g/mol. The van der Waals surface area contributed by atoms with Crippen molar-refractivity contribution in [3.63, 3.8) is 0 Å². The molecule has 4 aliphatic carbocycles. The molecule has 148 valence electrons. The second kappa shape index (κ2) is 6.42. The van der Waals surface area contributed by atoms with Gasteiger partial charge in [0, 0.05) is 17.3 Å². The van der Waals surface area contributed by atoms with Crippen LogP contribution in [0.5, 0.6) is 0 Å². The summed E-state index contributed by atoms with van der Waals surface area (Å²) in [6.07, 6.45) is 12.2. The number of carbonyl (C=O) groups is 1. The summed E-state index contributed by atoms with van der Waals surface area (Å²) in [5.41, 5.74) is 5.74. The topological polar surface area (TPSA) is 37.3 Å². The van der Waals surface area contributed by atoms with Crippen LogP contribution in [0.3, 0.4) is 0 Å². The molecule has 0 amide bonds. The minimum atomic E-state index is -0.159. The first-order valence-corrected chi connectivity index (χ1v) is 11.1. The molecule has 0 spiro atoms. The van der Waals surface area contributed by atoms with E-state index < -0.39 is 0 Å². The Morgan fingerprint density at radius 1 is 1.11 bits per heavy atom. The van der Waals surface area contributed by atoms with Crippen LogP contribution in [-0.4, -0.2) is 17.0 Å². The van der Waals surface area contributed by atoms with Gasteiger partial charge in [-0.1, -0.05) is 54.0 Å². The molecule has 0 radical (unpaired) electrons. The average Bonchev–Trinajstić information content (AvgIpc) is 2.99. The molecule has 2 fully saturated rings. The molecule has 0 saturated heterocycles. The zero-order valence-electron chi connectivity index (χ0n) is 17.2. The second-order valence-electron chi connectivity index (χ2n) is 10.1. The average molecular weight is 377 g/mol. The molecule has 1 aromatic rings. The summed E-state index contributed by atoms with van der Waals surface area (Å²) in [4.78, 5) is 12.3. The molecule has 28 heavy (non-hydrogen) atoms. The molecule has 0 bridgehead atoms. The van der Waals surface area contributed by atoms with Crippen LogP contribution in [-0.2, 0) is 11.2 Å². The molecule has 5 atom stereocenters. The molecule has 1 aromatic carbocycles. The van der Waals surface area contributed by atoms with Gasteiger partial charge in [0.15, 0.2) is 5.78 Å². The lowest BCUT2D eigenvalue weighted by Crippen LogP contribution is -2.47. The summed E-state index contributed by atoms with van der Waals surface area (Å²) in [6, 6.07) is 8.97. The van der Waals surface area contributed by atoms with Gasteiger partial charge < -0.3 is 5.11 Å². The molecule has 0 aromatic heterocycles. The maximum Gasteiger partial charge on any atom is 0.155 e. The number of ketones is 1. The summed E-state index contributed by atoms with van der Waals surface area (Å²) < 4.78 is 0. The number of benzene rings is 1. The van der Waals surface area contributed by atoms with Gasteiger partial charge in [-0.15, -0.1) is 0 Å². The van der Waals surface area contributed by atoms with E-state index in [1.807, 2.05) is 6.08 Å². The molecule has 2 saturated carbocycles. The second-order valence-corrected chi connectivity index (χ2v) is 10.1. The van der Waals surface area contributed by atoms with Gasteiger partial charge in [-0.3, -0.25) is 4.79 Å². The first-order valence-electron chi connectivity index (χ1n) is 11.1. The molecule has 2 heteroatoms. The lowest BCUT2D eigenvalue weighted by Gasteiger charge is -2.54. The number of aryl methyl sites for hydroxylation is 1. The van der Waals surface area contributed by atoms with Crippen LogP contribution in [0.4, 0.5) is 0 Å². The van der Waals surface area contributed by atoms with Gasteiger partial charge in [-0.05, 0) is 75.3 Å². The SMILES string of the molecule is Cc1ccc(C[C@]23CCC(=O)C=C2CC[C@@H]2C3=CC[C@]3(C)C(O)CC[C@@H]23)cc1. The third-order valence-electron chi connectivity index (χ3n) is 8.66. The summed E-state index contributed by atoms with van der Waals surface area (Å²) in [5.74, 6) is 1.48. The molecule has 4 aliphatic rings. The Morgan fingerprint density at radius 2 is 1.89 bits per heavy atom. The van der Waals surface area contributed by atoms with E-state index >= 15 is 0 Å². The van der Waals surface area contributed by atoms with Crippen molar-refractivity contribution in [2.45, 2.75) is 71.3 Å². The molecule has 2 nitrogen and oxygen atoms in total. The fourth-order valence-corrected chi connectivity index (χ4v) is 7.01. The van der Waals surface area contributed by atoms with Crippen LogP contribution in [0.15, 0.2) is 47.6 Å². The third kappa shape index (κ3) is 2.60. The Balaban J connectivity index is 1.59. The highest BCUT2D eigenvalue weighted by Crippen LogP contribution is 2.63. The van der Waals surface area contributed by atoms with E-state index in [9.17, 15) is 9.90 Å². The smallest absolute Gasteiger partial charge is 0.155 e. The summed E-state index contributed by atoms with van der Waals surface area (Å²) in [5, 5.41) is 10.7. The molecule has 5 rings (SSSR count). The van der Waals surface area contributed by atoms with Crippen LogP contribution in [0.25, 0.3) is 0 Å². The number of hydrogen-bond acceptors (Lipinski definition) is 2. The van der Waals surface area contributed by atoms with Crippen molar-refractivity contribution in [3.8, 4) is 0 Å². The van der Waals surface area contributed by atoms with Crippen LogP contribution < -0.4 is 0 Å². The maximum absolute atomic E-state index is 12.3. The van der Waals surface area contributed by atoms with Crippen molar-refractivity contribution < 1.29 is 9.90 Å². The van der Waals surface area contributed by atoms with E-state index in [-0.39, 0.29) is 16.9 Å². The zero-order chi connectivity index (χ0) is 19.5. The number of allylic oxidation sites excluding steroid dienone is 4. The fraction of sp³-hybridized carbons (Fsp3) is 0.577. The Kier molecular flexibility index (Phi) is 4.21. The van der Waals surface area contributed by atoms with E-state index in [2.05, 4.69) is 44.2 Å². The molecular formula is C26H32O2. The van der Waals surface area contributed by atoms with Gasteiger partial charge in [0.1, 0.15) is 0 Å². The predicted molar refractivity (Wildman–Crippen MR) is 112 cm³/mol. The highest BCUT2D eigenvalue weighted by molar-refractivity contribution is 5.92. The number of aliphatic hydroxyl groups excluding tert-OH is 1. The Labute approximate surface area is 168 Å². The number of carbonyl (C=O) groups excluding carboxylic acids is 1. The van der Waals surface area contributed by atoms with Gasteiger partial charge in [0.2, 0.25) is 0 Å². The van der Waals surface area contributed by atoms with Crippen molar-refractivity contribution in [1.29, 1.82) is 0 Å². The standard InChI is InChI=1S/C26H32O2/c1-17-3-5-18(6-4-17)16-26-14-11-20(27)15-19(26)7-8-21-22-9-10-24(28)25(22,2)13-12-23(21)26/h3-6,12,15,21-22,24,28H,7-11,13-14,16H2,1-2H3/t21-,22-,24?,25-,26+/m0/s1. The van der Waals surface area contributed by atoms with Crippen molar-refractivity contribution in [2.24, 2.45) is 22.7 Å². The number of aliphatic hydroxyl groups is 1. The van der Waals surface area contributed by atoms with Crippen LogP contribution in [0.1, 0.15) is 63.0 Å². The fourth-order valence-electron chi connectivity index (χ4n) is 7.01. The molecule has 0 aliphatic heterocycles. The van der Waals surface area contributed by atoms with E-state index in [4.69, 9.17) is 0 Å². The van der Waals surface area contributed by atoms with Crippen LogP contribution in [0, 0.1) is 29.6 Å². The third-order valence-corrected chi connectivity index (χ3v) is 8.66. The van der Waals surface area contributed by atoms with Gasteiger partial charge in [0.25, 0.3) is 0 Å². The Morgan fingerprint density at radius 3 is 2.68 bits per heavy atom. The highest BCUT2D eigenvalue weighted by atomic mass is 16.3. The van der Waals surface area contributed by atoms with Crippen LogP contribution in [0.2, 0.25) is 0 Å². The van der Waals surface area contributed by atoms with Crippen LogP contribution >= 0.6 is 0 Å². The van der Waals surface area contributed by atoms with E-state index in [0.717, 1.165) is 44.9 Å². The quantitative estimate of drug-likeness (QED) is 0.708. The van der Waals surface area contributed by atoms with Crippen molar-refractivity contribution in [2.75, 3.05) is 0 Å². The number of hydrogen-bond donors (Lipinski definition) is 1. The largest absolute Gasteiger partial charge is 0.393 e. The van der Waals surface area contributed by atoms with Gasteiger partial charge in [0.05, 0.1) is 6.10 Å². The first kappa shape index (κ1) is 18.4. The molecular weight excluding hydrogens is 344 g/mol. The summed E-state index contributed by atoms with van der Waals surface area (Å²) in [6.45, 7) is 4.45. The summed E-state index contributed by atoms with van der Waals surface area (Å²) >= 11 is 0. The van der Waals surface area contributed by atoms with Gasteiger partial charge in [-0.2, -0.15) is 0 Å². The maximum atomic E-state index is 12.3. The van der Waals surface area contributed by atoms with Gasteiger partial charge >= 0.3 is 0 Å². The molecule has 1 unspecified atom stereocenters. The predicted octanol–water partition coefficient (Wildman–Crippen LogP) is 5.33. The highest BCUT2D eigenvalue weighted by Gasteiger charge is 2.56. The first-order chi connectivity index (χ1) is 13.4. The Hall–Kier alpha value is -1.67. The van der Waals surface area contributed by atoms with E-state index in [1.165, 1.54) is 16.7 Å². The lowest BCUT2D eigenvalue weighted by atomic mass is 9.50. The van der Waals surface area contributed by atoms with E-state index in [0.29, 0.717) is 24.0 Å². The minimum Gasteiger partial charge on any atom is -0.393 e. The van der Waals surface area contributed by atoms with E-state index in [1.54, 1.807) is 5.57 Å². The zero-order valence-corrected chi connectivity index (χ0v) is 17.2. The summed E-state index contributed by atoms with van der Waals surface area (Å²) in [7, 11) is 0. The molecule has 1 N–H and O–H groups in total. The van der Waals surface area contributed by atoms with Crippen molar-refractivity contribution in [3.05, 3.63) is 58.7 Å². The normalized spacial score (nSPS) is 39.5. The Bertz CT molecular complexity index is 861. The number of fused-ring (bicyclic) bond motifs is 5. The minimum absolute atomic E-state index is 0.0287. The van der Waals surface area contributed by atoms with Crippen molar-refractivity contribution >= 4 is 5.78 Å². The van der Waals surface area contributed by atoms with Crippen molar-refractivity contribution in [1.82, 2.24) is 0 Å². The van der Waals surface area contributed by atoms with Gasteiger partial charge in [-0.25, -0.2) is 0 Å².